The van der Waals surface area contributed by atoms with E-state index in [1.54, 1.807) is 24.3 Å². The fraction of sp³-hybridized carbons (Fsp3) is 0.500. The van der Waals surface area contributed by atoms with Gasteiger partial charge in [-0.1, -0.05) is 25.0 Å². The van der Waals surface area contributed by atoms with E-state index in [1.165, 1.54) is 24.3 Å². The lowest BCUT2D eigenvalue weighted by molar-refractivity contribution is -0.142. The molecule has 1 aliphatic carbocycles. The van der Waals surface area contributed by atoms with Gasteiger partial charge in [-0.3, -0.25) is 4.79 Å². The fourth-order valence-corrected chi connectivity index (χ4v) is 5.73. The van der Waals surface area contributed by atoms with Crippen molar-refractivity contribution in [2.24, 2.45) is 0 Å². The molecule has 3 aliphatic rings. The number of piperidine rings is 1. The molecule has 1 spiro atoms. The zero-order valence-corrected chi connectivity index (χ0v) is 18.2. The minimum Gasteiger partial charge on any atom is -0.488 e. The van der Waals surface area contributed by atoms with Crippen molar-refractivity contribution in [2.75, 3.05) is 19.7 Å². The van der Waals surface area contributed by atoms with Crippen molar-refractivity contribution in [2.45, 2.75) is 62.1 Å². The number of rotatable bonds is 4. The molecule has 0 radical (unpaired) electrons. The number of nitrogens with zero attached hydrogens (tertiary/aromatic N) is 1. The van der Waals surface area contributed by atoms with Crippen LogP contribution in [0.15, 0.2) is 48.5 Å². The molecule has 1 amide bonds. The van der Waals surface area contributed by atoms with Crippen LogP contribution in [0.2, 0.25) is 0 Å². The van der Waals surface area contributed by atoms with Crippen molar-refractivity contribution in [3.8, 4) is 5.75 Å². The van der Waals surface area contributed by atoms with Crippen molar-refractivity contribution in [3.63, 3.8) is 0 Å². The van der Waals surface area contributed by atoms with E-state index in [9.17, 15) is 13.6 Å². The average Bonchev–Trinajstić information content (AvgIpc) is 3.45. The standard InChI is InChI=1S/C26H29F2NO3/c27-20-5-3-19(4-6-20)26(11-1-2-12-26)24(30)29-15-13-25(14-16-29)17-23(18-31-25)32-22-9-7-21(28)8-10-22/h3-10,23H,1-2,11-18H2/t23-/m0/s1. The first-order chi connectivity index (χ1) is 15.5. The molecule has 5 rings (SSSR count). The summed E-state index contributed by atoms with van der Waals surface area (Å²) in [5, 5.41) is 0. The molecule has 2 aromatic carbocycles. The molecule has 4 nitrogen and oxygen atoms in total. The minimum atomic E-state index is -0.525. The molecule has 0 unspecified atom stereocenters. The maximum absolute atomic E-state index is 13.7. The van der Waals surface area contributed by atoms with E-state index in [2.05, 4.69) is 0 Å². The SMILES string of the molecule is O=C(N1CCC2(CC1)C[C@H](Oc1ccc(F)cc1)CO2)C1(c2ccc(F)cc2)CCCC1. The Bertz CT molecular complexity index is 946. The van der Waals surface area contributed by atoms with Crippen molar-refractivity contribution >= 4 is 5.91 Å². The van der Waals surface area contributed by atoms with Crippen LogP contribution in [-0.2, 0) is 14.9 Å². The van der Waals surface area contributed by atoms with Crippen molar-refractivity contribution in [1.82, 2.24) is 4.90 Å². The highest BCUT2D eigenvalue weighted by Gasteiger charge is 2.49. The molecule has 6 heteroatoms. The number of likely N-dealkylation sites (tertiary alicyclic amines) is 1. The highest BCUT2D eigenvalue weighted by Crippen LogP contribution is 2.44. The molecule has 32 heavy (non-hydrogen) atoms. The molecule has 1 atom stereocenters. The Hall–Kier alpha value is -2.47. The normalized spacial score (nSPS) is 24.1. The van der Waals surface area contributed by atoms with Crippen LogP contribution in [0.5, 0.6) is 5.75 Å². The number of hydrogen-bond acceptors (Lipinski definition) is 3. The number of hydrogen-bond donors (Lipinski definition) is 0. The molecule has 1 saturated carbocycles. The van der Waals surface area contributed by atoms with Gasteiger partial charge in [-0.2, -0.15) is 0 Å². The Morgan fingerprint density at radius 2 is 1.50 bits per heavy atom. The molecule has 0 aromatic heterocycles. The summed E-state index contributed by atoms with van der Waals surface area (Å²) in [4.78, 5) is 15.7. The van der Waals surface area contributed by atoms with Crippen molar-refractivity contribution in [1.29, 1.82) is 0 Å². The molecular weight excluding hydrogens is 412 g/mol. The van der Waals surface area contributed by atoms with Gasteiger partial charge in [-0.25, -0.2) is 8.78 Å². The molecule has 2 saturated heterocycles. The monoisotopic (exact) mass is 441 g/mol. The number of halogens is 2. The van der Waals surface area contributed by atoms with Gasteiger partial charge in [0.25, 0.3) is 0 Å². The third kappa shape index (κ3) is 4.01. The van der Waals surface area contributed by atoms with Crippen LogP contribution in [-0.4, -0.2) is 42.2 Å². The zero-order valence-electron chi connectivity index (χ0n) is 18.2. The number of benzene rings is 2. The largest absolute Gasteiger partial charge is 0.488 e. The van der Waals surface area contributed by atoms with E-state index >= 15 is 0 Å². The van der Waals surface area contributed by atoms with E-state index in [0.717, 1.165) is 50.5 Å². The molecule has 2 aliphatic heterocycles. The lowest BCUT2D eigenvalue weighted by atomic mass is 9.76. The third-order valence-electron chi connectivity index (χ3n) is 7.52. The average molecular weight is 442 g/mol. The molecular formula is C26H29F2NO3. The molecule has 3 fully saturated rings. The maximum atomic E-state index is 13.7. The van der Waals surface area contributed by atoms with Gasteiger partial charge in [0.15, 0.2) is 0 Å². The molecule has 170 valence electrons. The van der Waals surface area contributed by atoms with Gasteiger partial charge < -0.3 is 14.4 Å². The summed E-state index contributed by atoms with van der Waals surface area (Å²) >= 11 is 0. The molecule has 0 bridgehead atoms. The molecule has 2 heterocycles. The second-order valence-electron chi connectivity index (χ2n) is 9.48. The van der Waals surface area contributed by atoms with E-state index < -0.39 is 5.41 Å². The van der Waals surface area contributed by atoms with Crippen LogP contribution in [0.4, 0.5) is 8.78 Å². The summed E-state index contributed by atoms with van der Waals surface area (Å²) in [5.41, 5.74) is 0.148. The lowest BCUT2D eigenvalue weighted by Gasteiger charge is -2.42. The number of amides is 1. The second kappa shape index (κ2) is 8.47. The lowest BCUT2D eigenvalue weighted by Crippen LogP contribution is -2.52. The van der Waals surface area contributed by atoms with E-state index in [1.807, 2.05) is 4.90 Å². The number of carbonyl (C=O) groups is 1. The van der Waals surface area contributed by atoms with Crippen LogP contribution in [0.1, 0.15) is 50.5 Å². The van der Waals surface area contributed by atoms with E-state index in [0.29, 0.717) is 25.4 Å². The molecule has 0 N–H and O–H groups in total. The molecule has 2 aromatic rings. The Morgan fingerprint density at radius 3 is 2.12 bits per heavy atom. The van der Waals surface area contributed by atoms with E-state index in [-0.39, 0.29) is 29.2 Å². The van der Waals surface area contributed by atoms with Gasteiger partial charge in [-0.15, -0.1) is 0 Å². The Morgan fingerprint density at radius 1 is 0.906 bits per heavy atom. The van der Waals surface area contributed by atoms with Gasteiger partial charge in [0.05, 0.1) is 17.6 Å². The van der Waals surface area contributed by atoms with Gasteiger partial charge >= 0.3 is 0 Å². The van der Waals surface area contributed by atoms with Gasteiger partial charge in [0.1, 0.15) is 23.5 Å². The summed E-state index contributed by atoms with van der Waals surface area (Å²) in [5.74, 6) is 0.264. The highest BCUT2D eigenvalue weighted by molar-refractivity contribution is 5.88. The summed E-state index contributed by atoms with van der Waals surface area (Å²) in [6.07, 6.45) is 5.95. The Kier molecular flexibility index (Phi) is 5.66. The van der Waals surface area contributed by atoms with Crippen molar-refractivity contribution in [3.05, 3.63) is 65.7 Å². The first kappa shape index (κ1) is 21.4. The van der Waals surface area contributed by atoms with Gasteiger partial charge in [-0.05, 0) is 67.6 Å². The first-order valence-electron chi connectivity index (χ1n) is 11.6. The number of carbonyl (C=O) groups excluding carboxylic acids is 1. The maximum Gasteiger partial charge on any atom is 0.233 e. The smallest absolute Gasteiger partial charge is 0.233 e. The Balaban J connectivity index is 1.23. The second-order valence-corrected chi connectivity index (χ2v) is 9.48. The van der Waals surface area contributed by atoms with Crippen molar-refractivity contribution < 1.29 is 23.0 Å². The zero-order chi connectivity index (χ0) is 22.2. The topological polar surface area (TPSA) is 38.8 Å². The summed E-state index contributed by atoms with van der Waals surface area (Å²) in [6.45, 7) is 1.82. The fourth-order valence-electron chi connectivity index (χ4n) is 5.73. The van der Waals surface area contributed by atoms with Crippen LogP contribution in [0.3, 0.4) is 0 Å². The summed E-state index contributed by atoms with van der Waals surface area (Å²) in [7, 11) is 0. The first-order valence-corrected chi connectivity index (χ1v) is 11.6. The highest BCUT2D eigenvalue weighted by atomic mass is 19.1. The third-order valence-corrected chi connectivity index (χ3v) is 7.52. The quantitative estimate of drug-likeness (QED) is 0.670. The van der Waals surface area contributed by atoms with Crippen LogP contribution < -0.4 is 4.74 Å². The van der Waals surface area contributed by atoms with Gasteiger partial charge in [0.2, 0.25) is 5.91 Å². The van der Waals surface area contributed by atoms with Crippen LogP contribution in [0.25, 0.3) is 0 Å². The summed E-state index contributed by atoms with van der Waals surface area (Å²) in [6, 6.07) is 12.5. The predicted octanol–water partition coefficient (Wildman–Crippen LogP) is 5.01. The number of ether oxygens (including phenoxy) is 2. The minimum absolute atomic E-state index is 0.0666. The predicted molar refractivity (Wildman–Crippen MR) is 116 cm³/mol. The summed E-state index contributed by atoms with van der Waals surface area (Å²) < 4.78 is 38.8. The van der Waals surface area contributed by atoms with Gasteiger partial charge in [0, 0.05) is 19.5 Å². The van der Waals surface area contributed by atoms with Crippen LogP contribution >= 0.6 is 0 Å². The van der Waals surface area contributed by atoms with Crippen LogP contribution in [0, 0.1) is 11.6 Å². The Labute approximate surface area is 187 Å². The van der Waals surface area contributed by atoms with E-state index in [4.69, 9.17) is 9.47 Å².